The molecule has 2 rings (SSSR count). The number of phenols is 1. The minimum absolute atomic E-state index is 0.130. The summed E-state index contributed by atoms with van der Waals surface area (Å²) in [5, 5.41) is 12.7. The topological polar surface area (TPSA) is 58.6 Å². The van der Waals surface area contributed by atoms with E-state index in [0.29, 0.717) is 21.5 Å². The van der Waals surface area contributed by atoms with Crippen molar-refractivity contribution in [2.45, 2.75) is 13.0 Å². The van der Waals surface area contributed by atoms with Gasteiger partial charge in [0.15, 0.2) is 6.10 Å². The predicted molar refractivity (Wildman–Crippen MR) is 83.3 cm³/mol. The molecule has 0 fully saturated rings. The second-order valence-corrected chi connectivity index (χ2v) is 5.21. The molecule has 0 bridgehead atoms. The number of benzene rings is 2. The van der Waals surface area contributed by atoms with E-state index in [0.717, 1.165) is 0 Å². The number of hydrogen-bond donors (Lipinski definition) is 2. The number of carbonyl (C=O) groups is 1. The van der Waals surface area contributed by atoms with E-state index in [1.54, 1.807) is 37.3 Å². The molecule has 2 aromatic carbocycles. The van der Waals surface area contributed by atoms with Gasteiger partial charge in [-0.15, -0.1) is 0 Å². The van der Waals surface area contributed by atoms with Gasteiger partial charge >= 0.3 is 0 Å². The molecular formula is C15H13Cl2NO3. The van der Waals surface area contributed by atoms with E-state index in [1.807, 2.05) is 0 Å². The number of nitrogens with one attached hydrogen (secondary N) is 1. The number of ether oxygens (including phenoxy) is 1. The van der Waals surface area contributed by atoms with Crippen LogP contribution < -0.4 is 10.1 Å². The lowest BCUT2D eigenvalue weighted by atomic mass is 10.3. The highest BCUT2D eigenvalue weighted by Gasteiger charge is 2.16. The lowest BCUT2D eigenvalue weighted by molar-refractivity contribution is -0.122. The number of rotatable bonds is 4. The molecule has 110 valence electrons. The summed E-state index contributed by atoms with van der Waals surface area (Å²) in [5.41, 5.74) is 0.565. The Labute approximate surface area is 132 Å². The van der Waals surface area contributed by atoms with Crippen LogP contribution in [-0.2, 0) is 4.79 Å². The van der Waals surface area contributed by atoms with Crippen LogP contribution in [0, 0.1) is 0 Å². The zero-order valence-electron chi connectivity index (χ0n) is 11.1. The quantitative estimate of drug-likeness (QED) is 0.832. The Kier molecular flexibility index (Phi) is 4.94. The van der Waals surface area contributed by atoms with E-state index in [9.17, 15) is 9.90 Å². The molecule has 0 radical (unpaired) electrons. The Bertz CT molecular complexity index is 644. The van der Waals surface area contributed by atoms with Crippen LogP contribution in [0.3, 0.4) is 0 Å². The summed E-state index contributed by atoms with van der Waals surface area (Å²) in [5.74, 6) is 0.186. The molecule has 1 atom stereocenters. The minimum atomic E-state index is -0.738. The number of halogens is 2. The molecule has 6 heteroatoms. The number of carbonyl (C=O) groups excluding carboxylic acids is 1. The lowest BCUT2D eigenvalue weighted by Crippen LogP contribution is -2.30. The van der Waals surface area contributed by atoms with Crippen LogP contribution in [-0.4, -0.2) is 17.1 Å². The number of hydrogen-bond acceptors (Lipinski definition) is 3. The summed E-state index contributed by atoms with van der Waals surface area (Å²) >= 11 is 11.8. The molecule has 0 saturated carbocycles. The van der Waals surface area contributed by atoms with Crippen LogP contribution in [0.15, 0.2) is 42.5 Å². The van der Waals surface area contributed by atoms with Crippen LogP contribution in [0.25, 0.3) is 0 Å². The Morgan fingerprint density at radius 2 is 1.86 bits per heavy atom. The van der Waals surface area contributed by atoms with Gasteiger partial charge in [-0.2, -0.15) is 0 Å². The SMILES string of the molecule is C[C@@H](Oc1ccc(Cl)cc1Cl)C(=O)Nc1ccc(O)cc1. The largest absolute Gasteiger partial charge is 0.508 e. The maximum atomic E-state index is 12.0. The lowest BCUT2D eigenvalue weighted by Gasteiger charge is -2.15. The molecule has 21 heavy (non-hydrogen) atoms. The van der Waals surface area contributed by atoms with Crippen LogP contribution in [0.5, 0.6) is 11.5 Å². The third-order valence-electron chi connectivity index (χ3n) is 2.70. The average Bonchev–Trinajstić information content (AvgIpc) is 2.44. The first kappa shape index (κ1) is 15.5. The highest BCUT2D eigenvalue weighted by atomic mass is 35.5. The zero-order valence-corrected chi connectivity index (χ0v) is 12.7. The predicted octanol–water partition coefficient (Wildman–Crippen LogP) is 4.11. The van der Waals surface area contributed by atoms with E-state index in [4.69, 9.17) is 27.9 Å². The smallest absolute Gasteiger partial charge is 0.265 e. The normalized spacial score (nSPS) is 11.8. The Balaban J connectivity index is 2.00. The van der Waals surface area contributed by atoms with Crippen molar-refractivity contribution < 1.29 is 14.6 Å². The van der Waals surface area contributed by atoms with Gasteiger partial charge in [-0.25, -0.2) is 0 Å². The highest BCUT2D eigenvalue weighted by Crippen LogP contribution is 2.28. The van der Waals surface area contributed by atoms with Gasteiger partial charge in [0.05, 0.1) is 5.02 Å². The van der Waals surface area contributed by atoms with Gasteiger partial charge in [-0.1, -0.05) is 23.2 Å². The second-order valence-electron chi connectivity index (χ2n) is 4.37. The van der Waals surface area contributed by atoms with Gasteiger partial charge in [-0.3, -0.25) is 4.79 Å². The monoisotopic (exact) mass is 325 g/mol. The maximum absolute atomic E-state index is 12.0. The van der Waals surface area contributed by atoms with E-state index in [2.05, 4.69) is 5.32 Å². The summed E-state index contributed by atoms with van der Waals surface area (Å²) in [6, 6.07) is 10.9. The number of aromatic hydroxyl groups is 1. The molecule has 0 aliphatic carbocycles. The first-order valence-corrected chi connectivity index (χ1v) is 6.93. The number of phenolic OH excluding ortho intramolecular Hbond substituents is 1. The summed E-state index contributed by atoms with van der Waals surface area (Å²) < 4.78 is 5.51. The molecule has 0 aromatic heterocycles. The summed E-state index contributed by atoms with van der Waals surface area (Å²) in [7, 11) is 0. The van der Waals surface area contributed by atoms with Crippen molar-refractivity contribution in [3.63, 3.8) is 0 Å². The fraction of sp³-hybridized carbons (Fsp3) is 0.133. The summed E-state index contributed by atoms with van der Waals surface area (Å²) in [6.07, 6.45) is -0.738. The van der Waals surface area contributed by atoms with Gasteiger partial charge in [0.25, 0.3) is 5.91 Å². The minimum Gasteiger partial charge on any atom is -0.508 e. The number of anilines is 1. The molecule has 0 spiro atoms. The number of amides is 1. The van der Waals surface area contributed by atoms with E-state index >= 15 is 0 Å². The first-order valence-electron chi connectivity index (χ1n) is 6.17. The van der Waals surface area contributed by atoms with Crippen LogP contribution in [0.1, 0.15) is 6.92 Å². The van der Waals surface area contributed by atoms with Gasteiger partial charge < -0.3 is 15.2 Å². The molecule has 0 saturated heterocycles. The fourth-order valence-corrected chi connectivity index (χ4v) is 2.06. The second kappa shape index (κ2) is 6.70. The molecular weight excluding hydrogens is 313 g/mol. The fourth-order valence-electron chi connectivity index (χ4n) is 1.60. The van der Waals surface area contributed by atoms with Crippen molar-refractivity contribution >= 4 is 34.8 Å². The first-order chi connectivity index (χ1) is 9.95. The Morgan fingerprint density at radius 1 is 1.19 bits per heavy atom. The molecule has 1 amide bonds. The average molecular weight is 326 g/mol. The van der Waals surface area contributed by atoms with Crippen molar-refractivity contribution in [1.29, 1.82) is 0 Å². The van der Waals surface area contributed by atoms with Crippen molar-refractivity contribution in [2.75, 3.05) is 5.32 Å². The standard InChI is InChI=1S/C15H13Cl2NO3/c1-9(21-14-7-2-10(16)8-13(14)17)15(20)18-11-3-5-12(19)6-4-11/h2-9,19H,1H3,(H,18,20)/t9-/m1/s1. The molecule has 4 nitrogen and oxygen atoms in total. The van der Waals surface area contributed by atoms with Gasteiger partial charge in [0.1, 0.15) is 11.5 Å². The van der Waals surface area contributed by atoms with Crippen molar-refractivity contribution in [2.24, 2.45) is 0 Å². The van der Waals surface area contributed by atoms with Crippen LogP contribution in [0.2, 0.25) is 10.0 Å². The van der Waals surface area contributed by atoms with E-state index in [-0.39, 0.29) is 11.7 Å². The zero-order chi connectivity index (χ0) is 15.4. The van der Waals surface area contributed by atoms with Crippen molar-refractivity contribution in [1.82, 2.24) is 0 Å². The summed E-state index contributed by atoms with van der Waals surface area (Å²) in [4.78, 5) is 12.0. The molecule has 2 N–H and O–H groups in total. The molecule has 0 unspecified atom stereocenters. The Hall–Kier alpha value is -1.91. The van der Waals surface area contributed by atoms with Gasteiger partial charge in [0, 0.05) is 10.7 Å². The molecule has 0 heterocycles. The van der Waals surface area contributed by atoms with Gasteiger partial charge in [0.2, 0.25) is 0 Å². The third kappa shape index (κ3) is 4.28. The highest BCUT2D eigenvalue weighted by molar-refractivity contribution is 6.35. The van der Waals surface area contributed by atoms with Crippen LogP contribution in [0.4, 0.5) is 5.69 Å². The molecule has 0 aliphatic rings. The van der Waals surface area contributed by atoms with Crippen molar-refractivity contribution in [3.05, 3.63) is 52.5 Å². The van der Waals surface area contributed by atoms with Crippen molar-refractivity contribution in [3.8, 4) is 11.5 Å². The van der Waals surface area contributed by atoms with Gasteiger partial charge in [-0.05, 0) is 49.4 Å². The molecule has 0 aliphatic heterocycles. The van der Waals surface area contributed by atoms with E-state index in [1.165, 1.54) is 12.1 Å². The molecule has 2 aromatic rings. The van der Waals surface area contributed by atoms with Crippen LogP contribution >= 0.6 is 23.2 Å². The van der Waals surface area contributed by atoms with E-state index < -0.39 is 6.10 Å². The Morgan fingerprint density at radius 3 is 2.48 bits per heavy atom. The summed E-state index contributed by atoms with van der Waals surface area (Å²) in [6.45, 7) is 1.61. The third-order valence-corrected chi connectivity index (χ3v) is 3.23. The maximum Gasteiger partial charge on any atom is 0.265 e.